The van der Waals surface area contributed by atoms with E-state index in [1.54, 1.807) is 0 Å². The average molecular weight is 822 g/mol. The van der Waals surface area contributed by atoms with Crippen LogP contribution in [-0.4, -0.2) is 82.2 Å². The monoisotopic (exact) mass is 822 g/mol. The zero-order valence-electron chi connectivity index (χ0n) is 36.5. The Bertz CT molecular complexity index is 1220. The van der Waals surface area contributed by atoms with Crippen molar-refractivity contribution < 1.29 is 46.8 Å². The van der Waals surface area contributed by atoms with Gasteiger partial charge in [-0.3, -0.25) is 14.2 Å². The first kappa shape index (κ1) is 52.7. The predicted molar refractivity (Wildman–Crippen MR) is 231 cm³/mol. The van der Waals surface area contributed by atoms with Crippen molar-refractivity contribution in [2.45, 2.75) is 173 Å². The topological polar surface area (TPSA) is 124 Å². The first-order valence-corrected chi connectivity index (χ1v) is 23.6. The molecule has 0 aromatic carbocycles. The molecular weight excluding hydrogens is 741 g/mol. The number of unbranched alkanes of at least 4 members (excludes halogenated alkanes) is 11. The highest BCUT2D eigenvalue weighted by molar-refractivity contribution is 7.45. The third-order valence-corrected chi connectivity index (χ3v) is 10.4. The lowest BCUT2D eigenvalue weighted by molar-refractivity contribution is -0.870. The molecule has 0 bridgehead atoms. The number of esters is 2. The minimum atomic E-state index is -4.64. The van der Waals surface area contributed by atoms with E-state index in [0.717, 1.165) is 89.9 Å². The van der Waals surface area contributed by atoms with E-state index in [4.69, 9.17) is 23.3 Å². The Morgan fingerprint density at radius 2 is 1.23 bits per heavy atom. The standard InChI is InChI=1S/C46H80NO9P/c1-6-8-10-11-12-13-14-15-16-17-18-19-20-21-25-28-32-36-45(48)52-40-42(41-54-57(50,51)53-39-38-47(3,4)5)55-46(49)37-33-29-26-23-22-24-27-31-35-44-43(56-44)34-30-9-7-2/h8,10,12-13,15-16,18-19,27,31,42-44H,6-7,9,11,14,17,20-26,28-30,32-41H2,1-5H3/b10-8-,13-12-,16-15-,19-18-,31-27-/t42-,43?,44?/m1/s1. The van der Waals surface area contributed by atoms with Gasteiger partial charge in [0.25, 0.3) is 7.82 Å². The highest BCUT2D eigenvalue weighted by Crippen LogP contribution is 2.38. The fourth-order valence-electron chi connectivity index (χ4n) is 5.89. The number of hydrogen-bond donors (Lipinski definition) is 0. The number of quaternary nitrogens is 1. The van der Waals surface area contributed by atoms with Gasteiger partial charge in [0.05, 0.1) is 40.0 Å². The van der Waals surface area contributed by atoms with Crippen LogP contribution in [0, 0.1) is 0 Å². The van der Waals surface area contributed by atoms with Crippen molar-refractivity contribution in [1.82, 2.24) is 0 Å². The molecule has 1 heterocycles. The second-order valence-corrected chi connectivity index (χ2v) is 17.5. The summed E-state index contributed by atoms with van der Waals surface area (Å²) >= 11 is 0. The highest BCUT2D eigenvalue weighted by atomic mass is 31.2. The first-order valence-electron chi connectivity index (χ1n) is 22.1. The van der Waals surface area contributed by atoms with Crippen molar-refractivity contribution in [1.29, 1.82) is 0 Å². The number of epoxide rings is 1. The lowest BCUT2D eigenvalue weighted by Crippen LogP contribution is -2.37. The van der Waals surface area contributed by atoms with Crippen LogP contribution in [0.3, 0.4) is 0 Å². The molecule has 57 heavy (non-hydrogen) atoms. The third kappa shape index (κ3) is 35.3. The van der Waals surface area contributed by atoms with Crippen LogP contribution in [0.2, 0.25) is 0 Å². The normalized spacial score (nSPS) is 17.7. The van der Waals surface area contributed by atoms with Crippen LogP contribution in [-0.2, 0) is 37.4 Å². The Morgan fingerprint density at radius 1 is 0.667 bits per heavy atom. The van der Waals surface area contributed by atoms with Gasteiger partial charge >= 0.3 is 11.9 Å². The van der Waals surface area contributed by atoms with Crippen LogP contribution in [0.1, 0.15) is 155 Å². The van der Waals surface area contributed by atoms with Gasteiger partial charge in [-0.1, -0.05) is 126 Å². The summed E-state index contributed by atoms with van der Waals surface area (Å²) in [5.41, 5.74) is 0. The minimum Gasteiger partial charge on any atom is -0.756 e. The molecule has 0 aromatic rings. The van der Waals surface area contributed by atoms with Crippen molar-refractivity contribution in [3.05, 3.63) is 60.8 Å². The second kappa shape index (κ2) is 34.5. The molecule has 1 saturated heterocycles. The summed E-state index contributed by atoms with van der Waals surface area (Å²) in [5, 5.41) is 0. The zero-order valence-corrected chi connectivity index (χ0v) is 37.4. The van der Waals surface area contributed by atoms with Crippen LogP contribution >= 0.6 is 7.82 Å². The molecule has 0 radical (unpaired) electrons. The number of allylic oxidation sites excluding steroid dienone is 9. The Morgan fingerprint density at radius 3 is 1.84 bits per heavy atom. The van der Waals surface area contributed by atoms with E-state index in [1.165, 1.54) is 25.7 Å². The second-order valence-electron chi connectivity index (χ2n) is 16.1. The summed E-state index contributed by atoms with van der Waals surface area (Å²) in [6.07, 6.45) is 42.7. The first-order chi connectivity index (χ1) is 27.5. The molecule has 0 aromatic heterocycles. The van der Waals surface area contributed by atoms with Gasteiger partial charge in [-0.2, -0.15) is 0 Å². The largest absolute Gasteiger partial charge is 0.756 e. The van der Waals surface area contributed by atoms with E-state index < -0.39 is 32.5 Å². The number of likely N-dealkylation sites (N-methyl/N-ethyl adjacent to an activating group) is 1. The van der Waals surface area contributed by atoms with Crippen LogP contribution in [0.25, 0.3) is 0 Å². The maximum Gasteiger partial charge on any atom is 0.306 e. The average Bonchev–Trinajstić information content (AvgIpc) is 3.91. The molecular formula is C46H80NO9P. The number of carbonyl (C=O) groups excluding carboxylic acids is 2. The van der Waals surface area contributed by atoms with Gasteiger partial charge < -0.3 is 32.6 Å². The van der Waals surface area contributed by atoms with Crippen molar-refractivity contribution in [3.8, 4) is 0 Å². The maximum atomic E-state index is 12.7. The van der Waals surface area contributed by atoms with Gasteiger partial charge in [-0.15, -0.1) is 0 Å². The van der Waals surface area contributed by atoms with Crippen molar-refractivity contribution in [2.75, 3.05) is 47.5 Å². The minimum absolute atomic E-state index is 0.0432. The number of ether oxygens (including phenoxy) is 3. The zero-order chi connectivity index (χ0) is 41.9. The fraction of sp³-hybridized carbons (Fsp3) is 0.739. The van der Waals surface area contributed by atoms with Gasteiger partial charge in [-0.25, -0.2) is 0 Å². The molecule has 1 aliphatic rings. The SMILES string of the molecule is CC/C=C\C/C=C\C/C=C\C/C=C\CCCCCCC(=O)OC[C@H](COP(=O)([O-])OCC[N+](C)(C)C)OC(=O)CCCCCCC/C=C\CC1OC1CCCCC. The van der Waals surface area contributed by atoms with Crippen LogP contribution in [0.5, 0.6) is 0 Å². The molecule has 1 rings (SSSR count). The molecule has 0 N–H and O–H groups in total. The number of carbonyl (C=O) groups is 2. The highest BCUT2D eigenvalue weighted by Gasteiger charge is 2.36. The van der Waals surface area contributed by atoms with E-state index >= 15 is 0 Å². The predicted octanol–water partition coefficient (Wildman–Crippen LogP) is 10.8. The summed E-state index contributed by atoms with van der Waals surface area (Å²) in [7, 11) is 1.12. The van der Waals surface area contributed by atoms with E-state index in [9.17, 15) is 19.0 Å². The summed E-state index contributed by atoms with van der Waals surface area (Å²) in [6.45, 7) is 4.01. The molecule has 328 valence electrons. The molecule has 0 amide bonds. The molecule has 4 atom stereocenters. The molecule has 0 saturated carbocycles. The summed E-state index contributed by atoms with van der Waals surface area (Å²) in [6, 6.07) is 0. The lowest BCUT2D eigenvalue weighted by atomic mass is 10.1. The van der Waals surface area contributed by atoms with Gasteiger partial charge in [0.15, 0.2) is 6.10 Å². The Balaban J connectivity index is 2.30. The number of nitrogens with zero attached hydrogens (tertiary/aromatic N) is 1. The Labute approximate surface area is 347 Å². The lowest BCUT2D eigenvalue weighted by Gasteiger charge is -2.28. The van der Waals surface area contributed by atoms with E-state index in [1.807, 2.05) is 21.1 Å². The third-order valence-electron chi connectivity index (χ3n) is 9.45. The fourth-order valence-corrected chi connectivity index (χ4v) is 6.61. The molecule has 10 nitrogen and oxygen atoms in total. The van der Waals surface area contributed by atoms with Crippen molar-refractivity contribution in [3.63, 3.8) is 0 Å². The van der Waals surface area contributed by atoms with E-state index in [0.29, 0.717) is 36.1 Å². The summed E-state index contributed by atoms with van der Waals surface area (Å²) < 4.78 is 39.6. The molecule has 1 aliphatic heterocycles. The molecule has 11 heteroatoms. The van der Waals surface area contributed by atoms with Crippen LogP contribution in [0.15, 0.2) is 60.8 Å². The Hall–Kier alpha value is -2.33. The molecule has 1 fully saturated rings. The summed E-state index contributed by atoms with van der Waals surface area (Å²) in [5.74, 6) is -0.889. The number of rotatable bonds is 38. The maximum absolute atomic E-state index is 12.7. The van der Waals surface area contributed by atoms with Crippen molar-refractivity contribution >= 4 is 19.8 Å². The smallest absolute Gasteiger partial charge is 0.306 e. The number of phosphoric acid groups is 1. The van der Waals surface area contributed by atoms with Gasteiger partial charge in [0.1, 0.15) is 19.8 Å². The quantitative estimate of drug-likeness (QED) is 0.0149. The van der Waals surface area contributed by atoms with Crippen LogP contribution < -0.4 is 4.89 Å². The molecule has 3 unspecified atom stereocenters. The van der Waals surface area contributed by atoms with Gasteiger partial charge in [-0.05, 0) is 77.0 Å². The van der Waals surface area contributed by atoms with Crippen molar-refractivity contribution in [2.24, 2.45) is 0 Å². The van der Waals surface area contributed by atoms with Gasteiger partial charge in [0.2, 0.25) is 0 Å². The molecule has 0 aliphatic carbocycles. The Kier molecular flexibility index (Phi) is 31.9. The number of hydrogen-bond acceptors (Lipinski definition) is 9. The molecule has 0 spiro atoms. The van der Waals surface area contributed by atoms with Crippen LogP contribution in [0.4, 0.5) is 0 Å². The van der Waals surface area contributed by atoms with E-state index in [-0.39, 0.29) is 26.1 Å². The summed E-state index contributed by atoms with van der Waals surface area (Å²) in [4.78, 5) is 37.6. The van der Waals surface area contributed by atoms with Gasteiger partial charge in [0, 0.05) is 12.8 Å². The number of phosphoric ester groups is 1. The van der Waals surface area contributed by atoms with E-state index in [2.05, 4.69) is 74.6 Å².